The van der Waals surface area contributed by atoms with Crippen molar-refractivity contribution in [2.24, 2.45) is 5.73 Å². The molecule has 1 aromatic rings. The summed E-state index contributed by atoms with van der Waals surface area (Å²) in [5.74, 6) is -0.472. The Morgan fingerprint density at radius 2 is 2.08 bits per heavy atom. The molecule has 2 heterocycles. The van der Waals surface area contributed by atoms with Gasteiger partial charge in [-0.3, -0.25) is 14.6 Å². The standard InChI is InChI=1S/C21H23N3O2/c1-2-18(25)24-9-5-7-14(12-24)20-19-15-8-4-3-6-13(15)10-16(19)17(11-23-20)21(22)26/h2,7,11H,1,3-6,8-10,12H2,(H2,22,26). The number of nitrogens with zero attached hydrogens (tertiary/aromatic N) is 2. The van der Waals surface area contributed by atoms with Gasteiger partial charge in [0.1, 0.15) is 0 Å². The van der Waals surface area contributed by atoms with Gasteiger partial charge in [-0.2, -0.15) is 0 Å². The van der Waals surface area contributed by atoms with Crippen LogP contribution in [0.25, 0.3) is 11.1 Å². The molecule has 0 fully saturated rings. The number of carbonyl (C=O) groups excluding carboxylic acids is 2. The number of allylic oxidation sites excluding steroid dienone is 2. The van der Waals surface area contributed by atoms with Crippen LogP contribution in [0.4, 0.5) is 0 Å². The number of aromatic nitrogens is 1. The third-order valence-electron chi connectivity index (χ3n) is 5.67. The fraction of sp³-hybridized carbons (Fsp3) is 0.381. The lowest BCUT2D eigenvalue weighted by Gasteiger charge is -2.27. The van der Waals surface area contributed by atoms with Gasteiger partial charge in [0.2, 0.25) is 5.91 Å². The first-order chi connectivity index (χ1) is 12.6. The molecule has 5 nitrogen and oxygen atoms in total. The molecule has 2 N–H and O–H groups in total. The fourth-order valence-electron chi connectivity index (χ4n) is 4.42. The van der Waals surface area contributed by atoms with Crippen molar-refractivity contribution in [2.75, 3.05) is 13.1 Å². The van der Waals surface area contributed by atoms with Crippen LogP contribution in [0.3, 0.4) is 0 Å². The number of primary amides is 1. The summed E-state index contributed by atoms with van der Waals surface area (Å²) in [7, 11) is 0. The normalized spacial score (nSPS) is 18.9. The number of rotatable bonds is 3. The van der Waals surface area contributed by atoms with Crippen molar-refractivity contribution in [3.05, 3.63) is 52.9 Å². The smallest absolute Gasteiger partial charge is 0.250 e. The number of pyridine rings is 1. The van der Waals surface area contributed by atoms with E-state index in [9.17, 15) is 9.59 Å². The lowest BCUT2D eigenvalue weighted by Crippen LogP contribution is -2.34. The van der Waals surface area contributed by atoms with Crippen LogP contribution in [0.1, 0.15) is 59.3 Å². The number of nitrogens with two attached hydrogens (primary N) is 1. The SMILES string of the molecule is C=CC(=O)N1CCC=C(c2ncc(C(N)=O)c3c2C2=C(CCCC2)C3)C1. The van der Waals surface area contributed by atoms with Gasteiger partial charge < -0.3 is 10.6 Å². The molecule has 3 aliphatic rings. The molecule has 5 heteroatoms. The molecule has 1 aliphatic heterocycles. The molecule has 4 rings (SSSR count). The van der Waals surface area contributed by atoms with Crippen molar-refractivity contribution >= 4 is 23.0 Å². The summed E-state index contributed by atoms with van der Waals surface area (Å²) in [6.45, 7) is 4.82. The van der Waals surface area contributed by atoms with Crippen molar-refractivity contribution < 1.29 is 9.59 Å². The molecular weight excluding hydrogens is 326 g/mol. The minimum atomic E-state index is -0.416. The third-order valence-corrected chi connectivity index (χ3v) is 5.67. The van der Waals surface area contributed by atoms with E-state index >= 15 is 0 Å². The van der Waals surface area contributed by atoms with E-state index < -0.39 is 5.91 Å². The first-order valence-electron chi connectivity index (χ1n) is 9.24. The Morgan fingerprint density at radius 1 is 1.27 bits per heavy atom. The maximum atomic E-state index is 12.0. The predicted molar refractivity (Wildman–Crippen MR) is 101 cm³/mol. The number of fused-ring (bicyclic) bond motifs is 2. The molecule has 134 valence electrons. The van der Waals surface area contributed by atoms with Crippen molar-refractivity contribution in [3.8, 4) is 0 Å². The van der Waals surface area contributed by atoms with Crippen LogP contribution in [0.5, 0.6) is 0 Å². The minimum absolute atomic E-state index is 0.0569. The lowest BCUT2D eigenvalue weighted by molar-refractivity contribution is -0.125. The Labute approximate surface area is 153 Å². The quantitative estimate of drug-likeness (QED) is 0.853. The van der Waals surface area contributed by atoms with Gasteiger partial charge in [0.15, 0.2) is 0 Å². The van der Waals surface area contributed by atoms with Gasteiger partial charge in [-0.15, -0.1) is 0 Å². The first kappa shape index (κ1) is 16.8. The van der Waals surface area contributed by atoms with Crippen LogP contribution < -0.4 is 5.73 Å². The van der Waals surface area contributed by atoms with Gasteiger partial charge in [0.05, 0.1) is 11.3 Å². The second-order valence-electron chi connectivity index (χ2n) is 7.19. The minimum Gasteiger partial charge on any atom is -0.366 e. The van der Waals surface area contributed by atoms with Crippen molar-refractivity contribution in [1.29, 1.82) is 0 Å². The zero-order chi connectivity index (χ0) is 18.3. The molecule has 2 amide bonds. The molecule has 0 bridgehead atoms. The van der Waals surface area contributed by atoms with Crippen LogP contribution in [-0.2, 0) is 11.2 Å². The van der Waals surface area contributed by atoms with Crippen LogP contribution in [0, 0.1) is 0 Å². The molecule has 0 spiro atoms. The fourth-order valence-corrected chi connectivity index (χ4v) is 4.42. The van der Waals surface area contributed by atoms with E-state index in [1.807, 2.05) is 0 Å². The topological polar surface area (TPSA) is 76.3 Å². The summed E-state index contributed by atoms with van der Waals surface area (Å²) in [6, 6.07) is 0. The molecule has 0 aromatic carbocycles. The molecule has 0 saturated carbocycles. The number of amides is 2. The van der Waals surface area contributed by atoms with E-state index in [1.54, 1.807) is 11.1 Å². The van der Waals surface area contributed by atoms with Gasteiger partial charge >= 0.3 is 0 Å². The Morgan fingerprint density at radius 3 is 2.85 bits per heavy atom. The first-order valence-corrected chi connectivity index (χ1v) is 9.24. The average molecular weight is 349 g/mol. The summed E-state index contributed by atoms with van der Waals surface area (Å²) in [5.41, 5.74) is 13.0. The van der Waals surface area contributed by atoms with Crippen molar-refractivity contribution in [2.45, 2.75) is 38.5 Å². The molecule has 0 radical (unpaired) electrons. The number of hydrogen-bond donors (Lipinski definition) is 1. The highest BCUT2D eigenvalue weighted by atomic mass is 16.2. The van der Waals surface area contributed by atoms with Crippen molar-refractivity contribution in [3.63, 3.8) is 0 Å². The van der Waals surface area contributed by atoms with Crippen LogP contribution in [0.15, 0.2) is 30.5 Å². The summed E-state index contributed by atoms with van der Waals surface area (Å²) < 4.78 is 0. The van der Waals surface area contributed by atoms with Crippen LogP contribution >= 0.6 is 0 Å². The molecule has 2 aliphatic carbocycles. The molecule has 26 heavy (non-hydrogen) atoms. The van der Waals surface area contributed by atoms with Crippen LogP contribution in [0.2, 0.25) is 0 Å². The van der Waals surface area contributed by atoms with Crippen molar-refractivity contribution in [1.82, 2.24) is 9.88 Å². The highest BCUT2D eigenvalue weighted by molar-refractivity contribution is 5.98. The van der Waals surface area contributed by atoms with Gasteiger partial charge in [0, 0.05) is 24.8 Å². The van der Waals surface area contributed by atoms with Gasteiger partial charge in [-0.1, -0.05) is 18.2 Å². The summed E-state index contributed by atoms with van der Waals surface area (Å²) >= 11 is 0. The number of carbonyl (C=O) groups is 2. The Balaban J connectivity index is 1.81. The Hall–Kier alpha value is -2.69. The summed E-state index contributed by atoms with van der Waals surface area (Å²) in [4.78, 5) is 30.4. The molecule has 0 saturated heterocycles. The molecule has 1 aromatic heterocycles. The highest BCUT2D eigenvalue weighted by Gasteiger charge is 2.32. The lowest BCUT2D eigenvalue weighted by atomic mass is 9.89. The largest absolute Gasteiger partial charge is 0.366 e. The maximum absolute atomic E-state index is 12.0. The van der Waals surface area contributed by atoms with Gasteiger partial charge in [-0.05, 0) is 61.3 Å². The summed E-state index contributed by atoms with van der Waals surface area (Å²) in [6.07, 6.45) is 11.2. The second-order valence-corrected chi connectivity index (χ2v) is 7.19. The van der Waals surface area contributed by atoms with Gasteiger partial charge in [-0.25, -0.2) is 0 Å². The van der Waals surface area contributed by atoms with E-state index in [0.29, 0.717) is 18.7 Å². The monoisotopic (exact) mass is 349 g/mol. The van der Waals surface area contributed by atoms with E-state index in [1.165, 1.54) is 30.1 Å². The number of hydrogen-bond acceptors (Lipinski definition) is 3. The third kappa shape index (κ3) is 2.68. The zero-order valence-corrected chi connectivity index (χ0v) is 14.9. The van der Waals surface area contributed by atoms with E-state index in [0.717, 1.165) is 48.1 Å². The molecule has 0 unspecified atom stereocenters. The van der Waals surface area contributed by atoms with Gasteiger partial charge in [0.25, 0.3) is 5.91 Å². The van der Waals surface area contributed by atoms with E-state index in [4.69, 9.17) is 5.73 Å². The zero-order valence-electron chi connectivity index (χ0n) is 14.9. The second kappa shape index (κ2) is 6.56. The maximum Gasteiger partial charge on any atom is 0.250 e. The van der Waals surface area contributed by atoms with E-state index in [-0.39, 0.29) is 5.91 Å². The Kier molecular flexibility index (Phi) is 4.23. The Bertz CT molecular complexity index is 879. The highest BCUT2D eigenvalue weighted by Crippen LogP contribution is 2.45. The molecule has 0 atom stereocenters. The predicted octanol–water partition coefficient (Wildman–Crippen LogP) is 2.87. The summed E-state index contributed by atoms with van der Waals surface area (Å²) in [5, 5.41) is 0. The van der Waals surface area contributed by atoms with Crippen LogP contribution in [-0.4, -0.2) is 34.8 Å². The van der Waals surface area contributed by atoms with E-state index in [2.05, 4.69) is 17.6 Å². The average Bonchev–Trinajstić information content (AvgIpc) is 3.06. The molecular formula is C21H23N3O2.